The third kappa shape index (κ3) is 0.838. The Morgan fingerprint density at radius 2 is 2.25 bits per heavy atom. The van der Waals surface area contributed by atoms with E-state index in [2.05, 4.69) is 5.32 Å². The molecule has 1 N–H and O–H groups in total. The number of amides is 2. The number of likely N-dealkylation sites (tertiary alicyclic amines) is 1. The van der Waals surface area contributed by atoms with Gasteiger partial charge in [0, 0.05) is 26.6 Å². The lowest BCUT2D eigenvalue weighted by atomic mass is 9.78. The number of nitrogens with one attached hydrogen (secondary N) is 1. The summed E-state index contributed by atoms with van der Waals surface area (Å²) in [7, 11) is 0. The van der Waals surface area contributed by atoms with Gasteiger partial charge in [0.15, 0.2) is 0 Å². The molecule has 0 atom stereocenters. The minimum Gasteiger partial charge on any atom is -0.355 e. The van der Waals surface area contributed by atoms with Gasteiger partial charge in [-0.2, -0.15) is 0 Å². The fourth-order valence-corrected chi connectivity index (χ4v) is 1.93. The molecule has 0 aromatic rings. The van der Waals surface area contributed by atoms with E-state index < -0.39 is 0 Å². The average Bonchev–Trinajstić information content (AvgIpc) is 2.26. The highest BCUT2D eigenvalue weighted by molar-refractivity contribution is 5.88. The van der Waals surface area contributed by atoms with Crippen molar-refractivity contribution in [2.75, 3.05) is 19.6 Å². The van der Waals surface area contributed by atoms with E-state index in [1.807, 2.05) is 0 Å². The average molecular weight is 168 g/mol. The summed E-state index contributed by atoms with van der Waals surface area (Å²) in [6.07, 6.45) is 0.885. The van der Waals surface area contributed by atoms with Crippen LogP contribution in [0.4, 0.5) is 0 Å². The topological polar surface area (TPSA) is 49.4 Å². The van der Waals surface area contributed by atoms with E-state index in [-0.39, 0.29) is 17.2 Å². The Bertz CT molecular complexity index is 243. The van der Waals surface area contributed by atoms with Gasteiger partial charge in [0.05, 0.1) is 5.41 Å². The molecule has 2 rings (SSSR count). The van der Waals surface area contributed by atoms with Gasteiger partial charge in [-0.3, -0.25) is 9.59 Å². The minimum absolute atomic E-state index is 0.0697. The summed E-state index contributed by atoms with van der Waals surface area (Å²) in [4.78, 5) is 23.9. The van der Waals surface area contributed by atoms with E-state index in [1.165, 1.54) is 0 Å². The van der Waals surface area contributed by atoms with Crippen molar-refractivity contribution in [3.8, 4) is 0 Å². The van der Waals surface area contributed by atoms with E-state index in [1.54, 1.807) is 11.8 Å². The zero-order chi connectivity index (χ0) is 8.77. The first kappa shape index (κ1) is 7.58. The Morgan fingerprint density at radius 3 is 2.67 bits per heavy atom. The van der Waals surface area contributed by atoms with Crippen molar-refractivity contribution in [3.63, 3.8) is 0 Å². The van der Waals surface area contributed by atoms with E-state index in [0.717, 1.165) is 13.0 Å². The van der Waals surface area contributed by atoms with Crippen LogP contribution in [0.15, 0.2) is 0 Å². The molecule has 1 spiro atoms. The third-order valence-corrected chi connectivity index (χ3v) is 2.80. The molecule has 0 unspecified atom stereocenters. The van der Waals surface area contributed by atoms with Gasteiger partial charge in [-0.05, 0) is 6.42 Å². The number of rotatable bonds is 0. The Labute approximate surface area is 70.9 Å². The summed E-state index contributed by atoms with van der Waals surface area (Å²) in [5.74, 6) is 0.195. The monoisotopic (exact) mass is 168 g/mol. The molecule has 2 fully saturated rings. The molecule has 4 heteroatoms. The molecule has 2 aliphatic rings. The van der Waals surface area contributed by atoms with Gasteiger partial charge in [-0.25, -0.2) is 0 Å². The molecule has 2 saturated heterocycles. The number of nitrogens with zero attached hydrogens (tertiary/aromatic N) is 1. The van der Waals surface area contributed by atoms with Crippen molar-refractivity contribution in [1.29, 1.82) is 0 Å². The molecular weight excluding hydrogens is 156 g/mol. The summed E-state index contributed by atoms with van der Waals surface area (Å²) >= 11 is 0. The normalized spacial score (nSPS) is 25.4. The lowest BCUT2D eigenvalue weighted by Crippen LogP contribution is -2.60. The molecule has 0 saturated carbocycles. The van der Waals surface area contributed by atoms with Crippen molar-refractivity contribution in [1.82, 2.24) is 10.2 Å². The highest BCUT2D eigenvalue weighted by atomic mass is 16.2. The van der Waals surface area contributed by atoms with Gasteiger partial charge in [0.1, 0.15) is 0 Å². The van der Waals surface area contributed by atoms with Gasteiger partial charge >= 0.3 is 0 Å². The summed E-state index contributed by atoms with van der Waals surface area (Å²) in [6.45, 7) is 3.55. The largest absolute Gasteiger partial charge is 0.355 e. The Kier molecular flexibility index (Phi) is 1.40. The number of carbonyl (C=O) groups excluding carboxylic acids is 2. The standard InChI is InChI=1S/C8H12N2O2/c1-6(11)10-4-8(5-10)2-3-9-7(8)12/h2-5H2,1H3,(H,9,12). The molecule has 2 aliphatic heterocycles. The van der Waals surface area contributed by atoms with Gasteiger partial charge in [-0.15, -0.1) is 0 Å². The van der Waals surface area contributed by atoms with Crippen LogP contribution in [0.3, 0.4) is 0 Å². The Hall–Kier alpha value is -1.06. The van der Waals surface area contributed by atoms with Crippen LogP contribution in [0.5, 0.6) is 0 Å². The molecule has 0 aromatic carbocycles. The lowest BCUT2D eigenvalue weighted by Gasteiger charge is -2.45. The van der Waals surface area contributed by atoms with E-state index in [4.69, 9.17) is 0 Å². The molecular formula is C8H12N2O2. The van der Waals surface area contributed by atoms with Gasteiger partial charge < -0.3 is 10.2 Å². The molecule has 0 aliphatic carbocycles. The fourth-order valence-electron chi connectivity index (χ4n) is 1.93. The number of hydrogen-bond donors (Lipinski definition) is 1. The summed E-state index contributed by atoms with van der Waals surface area (Å²) in [6, 6.07) is 0. The number of hydrogen-bond acceptors (Lipinski definition) is 2. The second-order valence-corrected chi connectivity index (χ2v) is 3.66. The van der Waals surface area contributed by atoms with Crippen LogP contribution in [0, 0.1) is 5.41 Å². The Balaban J connectivity index is 2.02. The van der Waals surface area contributed by atoms with E-state index in [0.29, 0.717) is 13.1 Å². The van der Waals surface area contributed by atoms with Crippen LogP contribution in [-0.2, 0) is 9.59 Å². The minimum atomic E-state index is -0.217. The van der Waals surface area contributed by atoms with Crippen LogP contribution >= 0.6 is 0 Å². The molecule has 12 heavy (non-hydrogen) atoms. The molecule has 66 valence electrons. The summed E-state index contributed by atoms with van der Waals surface area (Å²) < 4.78 is 0. The first-order chi connectivity index (χ1) is 5.64. The van der Waals surface area contributed by atoms with Crippen LogP contribution in [0.25, 0.3) is 0 Å². The first-order valence-electron chi connectivity index (χ1n) is 4.18. The second-order valence-electron chi connectivity index (χ2n) is 3.66. The number of carbonyl (C=O) groups is 2. The molecule has 0 aromatic heterocycles. The van der Waals surface area contributed by atoms with Crippen LogP contribution < -0.4 is 5.32 Å². The molecule has 2 heterocycles. The molecule has 0 bridgehead atoms. The lowest BCUT2D eigenvalue weighted by molar-refractivity contribution is -0.148. The maximum absolute atomic E-state index is 11.3. The van der Waals surface area contributed by atoms with Crippen molar-refractivity contribution < 1.29 is 9.59 Å². The van der Waals surface area contributed by atoms with Crippen molar-refractivity contribution in [2.45, 2.75) is 13.3 Å². The Morgan fingerprint density at radius 1 is 1.58 bits per heavy atom. The zero-order valence-corrected chi connectivity index (χ0v) is 7.09. The fraction of sp³-hybridized carbons (Fsp3) is 0.750. The smallest absolute Gasteiger partial charge is 0.229 e. The van der Waals surface area contributed by atoms with Gasteiger partial charge in [0.25, 0.3) is 0 Å². The highest BCUT2D eigenvalue weighted by Crippen LogP contribution is 2.36. The maximum atomic E-state index is 11.3. The SMILES string of the molecule is CC(=O)N1CC2(CCNC2=O)C1. The first-order valence-corrected chi connectivity index (χ1v) is 4.18. The van der Waals surface area contributed by atoms with Crippen LogP contribution in [0.1, 0.15) is 13.3 Å². The zero-order valence-electron chi connectivity index (χ0n) is 7.09. The molecule has 4 nitrogen and oxygen atoms in total. The maximum Gasteiger partial charge on any atom is 0.229 e. The predicted octanol–water partition coefficient (Wildman–Crippen LogP) is -0.645. The van der Waals surface area contributed by atoms with Crippen molar-refractivity contribution in [2.24, 2.45) is 5.41 Å². The third-order valence-electron chi connectivity index (χ3n) is 2.80. The predicted molar refractivity (Wildman–Crippen MR) is 42.3 cm³/mol. The van der Waals surface area contributed by atoms with E-state index >= 15 is 0 Å². The second kappa shape index (κ2) is 2.21. The van der Waals surface area contributed by atoms with Crippen molar-refractivity contribution in [3.05, 3.63) is 0 Å². The van der Waals surface area contributed by atoms with Gasteiger partial charge in [0.2, 0.25) is 11.8 Å². The van der Waals surface area contributed by atoms with Crippen molar-refractivity contribution >= 4 is 11.8 Å². The summed E-state index contributed by atoms with van der Waals surface area (Å²) in [5, 5.41) is 2.79. The molecule has 2 amide bonds. The molecule has 0 radical (unpaired) electrons. The van der Waals surface area contributed by atoms with Crippen LogP contribution in [0.2, 0.25) is 0 Å². The highest BCUT2D eigenvalue weighted by Gasteiger charge is 2.52. The van der Waals surface area contributed by atoms with Crippen LogP contribution in [-0.4, -0.2) is 36.3 Å². The quantitative estimate of drug-likeness (QED) is 0.523. The van der Waals surface area contributed by atoms with E-state index in [9.17, 15) is 9.59 Å². The van der Waals surface area contributed by atoms with Gasteiger partial charge in [-0.1, -0.05) is 0 Å². The summed E-state index contributed by atoms with van der Waals surface area (Å²) in [5.41, 5.74) is -0.217.